The van der Waals surface area contributed by atoms with E-state index < -0.39 is 0 Å². The minimum absolute atomic E-state index is 0.619. The summed E-state index contributed by atoms with van der Waals surface area (Å²) in [5.41, 5.74) is 0.619. The van der Waals surface area contributed by atoms with Gasteiger partial charge >= 0.3 is 0 Å². The molecule has 1 heterocycles. The first-order valence-electron chi connectivity index (χ1n) is 6.54. The van der Waals surface area contributed by atoms with E-state index >= 15 is 0 Å². The minimum atomic E-state index is 0.619. The maximum absolute atomic E-state index is 3.31. The van der Waals surface area contributed by atoms with Crippen molar-refractivity contribution >= 4 is 0 Å². The van der Waals surface area contributed by atoms with Crippen LogP contribution in [0.3, 0.4) is 0 Å². The monoisotopic (exact) mass is 212 g/mol. The van der Waals surface area contributed by atoms with Crippen molar-refractivity contribution in [3.8, 4) is 0 Å². The van der Waals surface area contributed by atoms with Crippen LogP contribution in [-0.2, 0) is 0 Å². The van der Waals surface area contributed by atoms with Crippen molar-refractivity contribution in [3.05, 3.63) is 0 Å². The summed E-state index contributed by atoms with van der Waals surface area (Å²) in [6.07, 6.45) is 5.36. The molecule has 90 valence electrons. The standard InChI is InChI=1S/C13H28N2/c1-5-12(11-14-4)15-9-7-13(3,6-2)8-10-15/h12,14H,5-11H2,1-4H3. The van der Waals surface area contributed by atoms with Crippen molar-refractivity contribution < 1.29 is 0 Å². The summed E-state index contributed by atoms with van der Waals surface area (Å²) in [7, 11) is 2.06. The lowest BCUT2D eigenvalue weighted by atomic mass is 9.78. The van der Waals surface area contributed by atoms with Gasteiger partial charge in [0.05, 0.1) is 0 Å². The fourth-order valence-corrected chi connectivity index (χ4v) is 2.55. The van der Waals surface area contributed by atoms with Crippen LogP contribution in [0, 0.1) is 5.41 Å². The van der Waals surface area contributed by atoms with Crippen LogP contribution in [0.1, 0.15) is 46.5 Å². The predicted octanol–water partition coefficient (Wildman–Crippen LogP) is 2.50. The van der Waals surface area contributed by atoms with Crippen molar-refractivity contribution in [2.24, 2.45) is 5.41 Å². The maximum atomic E-state index is 3.31. The van der Waals surface area contributed by atoms with Gasteiger partial charge in [-0.2, -0.15) is 0 Å². The molecule has 0 aromatic carbocycles. The second-order valence-corrected chi connectivity index (χ2v) is 5.32. The molecule has 1 aliphatic rings. The summed E-state index contributed by atoms with van der Waals surface area (Å²) in [4.78, 5) is 2.67. The zero-order chi connectivity index (χ0) is 11.3. The minimum Gasteiger partial charge on any atom is -0.318 e. The van der Waals surface area contributed by atoms with E-state index in [9.17, 15) is 0 Å². The Morgan fingerprint density at radius 2 is 1.87 bits per heavy atom. The van der Waals surface area contributed by atoms with Crippen LogP contribution in [0.25, 0.3) is 0 Å². The van der Waals surface area contributed by atoms with Crippen LogP contribution >= 0.6 is 0 Å². The van der Waals surface area contributed by atoms with Gasteiger partial charge in [0, 0.05) is 12.6 Å². The molecule has 2 nitrogen and oxygen atoms in total. The molecule has 2 heteroatoms. The quantitative estimate of drug-likeness (QED) is 0.753. The van der Waals surface area contributed by atoms with E-state index in [1.54, 1.807) is 0 Å². The highest BCUT2D eigenvalue weighted by molar-refractivity contribution is 4.84. The van der Waals surface area contributed by atoms with Crippen LogP contribution in [0.2, 0.25) is 0 Å². The van der Waals surface area contributed by atoms with Gasteiger partial charge in [-0.25, -0.2) is 0 Å². The molecule has 0 saturated carbocycles. The van der Waals surface area contributed by atoms with Gasteiger partial charge in [0.25, 0.3) is 0 Å². The highest BCUT2D eigenvalue weighted by Crippen LogP contribution is 2.34. The topological polar surface area (TPSA) is 15.3 Å². The van der Waals surface area contributed by atoms with E-state index in [2.05, 4.69) is 38.0 Å². The van der Waals surface area contributed by atoms with Crippen LogP contribution in [-0.4, -0.2) is 37.6 Å². The highest BCUT2D eigenvalue weighted by Gasteiger charge is 2.30. The highest BCUT2D eigenvalue weighted by atomic mass is 15.2. The second-order valence-electron chi connectivity index (χ2n) is 5.32. The molecular weight excluding hydrogens is 184 g/mol. The van der Waals surface area contributed by atoms with Gasteiger partial charge < -0.3 is 5.32 Å². The molecule has 15 heavy (non-hydrogen) atoms. The number of hydrogen-bond acceptors (Lipinski definition) is 2. The van der Waals surface area contributed by atoms with Gasteiger partial charge in [-0.1, -0.05) is 27.2 Å². The van der Waals surface area contributed by atoms with E-state index in [1.807, 2.05) is 0 Å². The molecule has 1 N–H and O–H groups in total. The smallest absolute Gasteiger partial charge is 0.0217 e. The van der Waals surface area contributed by atoms with E-state index in [1.165, 1.54) is 38.8 Å². The third kappa shape index (κ3) is 3.46. The number of likely N-dealkylation sites (N-methyl/N-ethyl adjacent to an activating group) is 1. The van der Waals surface area contributed by atoms with Crippen molar-refractivity contribution in [1.82, 2.24) is 10.2 Å². The second kappa shape index (κ2) is 5.86. The van der Waals surface area contributed by atoms with Crippen molar-refractivity contribution in [3.63, 3.8) is 0 Å². The van der Waals surface area contributed by atoms with Gasteiger partial charge in [0.1, 0.15) is 0 Å². The molecule has 1 aliphatic heterocycles. The number of rotatable bonds is 5. The lowest BCUT2D eigenvalue weighted by Gasteiger charge is -2.42. The Labute approximate surface area is 95.4 Å². The number of nitrogens with one attached hydrogen (secondary N) is 1. The summed E-state index contributed by atoms with van der Waals surface area (Å²) in [5, 5.41) is 3.31. The first-order chi connectivity index (χ1) is 7.15. The molecular formula is C13H28N2. The fraction of sp³-hybridized carbons (Fsp3) is 1.00. The van der Waals surface area contributed by atoms with Gasteiger partial charge in [-0.3, -0.25) is 4.90 Å². The Hall–Kier alpha value is -0.0800. The third-order valence-corrected chi connectivity index (χ3v) is 4.29. The van der Waals surface area contributed by atoms with Gasteiger partial charge in [0.15, 0.2) is 0 Å². The Morgan fingerprint density at radius 1 is 1.27 bits per heavy atom. The molecule has 0 aliphatic carbocycles. The predicted molar refractivity (Wildman–Crippen MR) is 67.2 cm³/mol. The van der Waals surface area contributed by atoms with Crippen molar-refractivity contribution in [2.45, 2.75) is 52.5 Å². The normalized spacial score (nSPS) is 24.0. The summed E-state index contributed by atoms with van der Waals surface area (Å²) in [6.45, 7) is 10.8. The van der Waals surface area contributed by atoms with E-state index in [0.29, 0.717) is 5.41 Å². The fourth-order valence-electron chi connectivity index (χ4n) is 2.55. The molecule has 0 amide bonds. The molecule has 0 aromatic heterocycles. The van der Waals surface area contributed by atoms with Crippen LogP contribution in [0.4, 0.5) is 0 Å². The Balaban J connectivity index is 2.41. The van der Waals surface area contributed by atoms with Crippen molar-refractivity contribution in [1.29, 1.82) is 0 Å². The molecule has 0 spiro atoms. The number of piperidine rings is 1. The SMILES string of the molecule is CCC(CNC)N1CCC(C)(CC)CC1. The first-order valence-corrected chi connectivity index (χ1v) is 6.54. The van der Waals surface area contributed by atoms with Gasteiger partial charge in [-0.05, 0) is 44.8 Å². The summed E-state index contributed by atoms with van der Waals surface area (Å²) in [6, 6.07) is 0.747. The lowest BCUT2D eigenvalue weighted by molar-refractivity contribution is 0.0791. The molecule has 1 fully saturated rings. The lowest BCUT2D eigenvalue weighted by Crippen LogP contribution is -2.47. The summed E-state index contributed by atoms with van der Waals surface area (Å²) in [5.74, 6) is 0. The van der Waals surface area contributed by atoms with Crippen molar-refractivity contribution in [2.75, 3.05) is 26.7 Å². The molecule has 1 unspecified atom stereocenters. The first kappa shape index (κ1) is 13.0. The average molecular weight is 212 g/mol. The van der Waals surface area contributed by atoms with Crippen LogP contribution in [0.5, 0.6) is 0 Å². The Morgan fingerprint density at radius 3 is 2.27 bits per heavy atom. The molecule has 1 rings (SSSR count). The maximum Gasteiger partial charge on any atom is 0.0217 e. The zero-order valence-corrected chi connectivity index (χ0v) is 11.0. The number of hydrogen-bond donors (Lipinski definition) is 1. The van der Waals surface area contributed by atoms with E-state index in [-0.39, 0.29) is 0 Å². The van der Waals surface area contributed by atoms with Gasteiger partial charge in [-0.15, -0.1) is 0 Å². The zero-order valence-electron chi connectivity index (χ0n) is 11.0. The van der Waals surface area contributed by atoms with E-state index in [0.717, 1.165) is 12.6 Å². The van der Waals surface area contributed by atoms with E-state index in [4.69, 9.17) is 0 Å². The largest absolute Gasteiger partial charge is 0.318 e. The van der Waals surface area contributed by atoms with Gasteiger partial charge in [0.2, 0.25) is 0 Å². The third-order valence-electron chi connectivity index (χ3n) is 4.29. The molecule has 1 atom stereocenters. The number of likely N-dealkylation sites (tertiary alicyclic amines) is 1. The molecule has 1 saturated heterocycles. The Bertz CT molecular complexity index is 171. The number of nitrogens with zero attached hydrogens (tertiary/aromatic N) is 1. The summed E-state index contributed by atoms with van der Waals surface area (Å²) < 4.78 is 0. The molecule has 0 radical (unpaired) electrons. The van der Waals surface area contributed by atoms with Crippen LogP contribution < -0.4 is 5.32 Å². The molecule has 0 aromatic rings. The Kier molecular flexibility index (Phi) is 5.07. The molecule has 0 bridgehead atoms. The summed E-state index contributed by atoms with van der Waals surface area (Å²) >= 11 is 0. The van der Waals surface area contributed by atoms with Crippen LogP contribution in [0.15, 0.2) is 0 Å². The average Bonchev–Trinajstić information content (AvgIpc) is 2.27.